The van der Waals surface area contributed by atoms with Gasteiger partial charge in [-0.2, -0.15) is 19.0 Å². The minimum Gasteiger partial charge on any atom is -0.388 e. The summed E-state index contributed by atoms with van der Waals surface area (Å²) in [5.74, 6) is 0. The second-order valence-corrected chi connectivity index (χ2v) is 6.59. The summed E-state index contributed by atoms with van der Waals surface area (Å²) in [5, 5.41) is 0. The molecule has 0 spiro atoms. The summed E-state index contributed by atoms with van der Waals surface area (Å²) in [6, 6.07) is 1.76. The minimum absolute atomic E-state index is 0.341. The van der Waals surface area contributed by atoms with E-state index in [1.54, 1.807) is 0 Å². The number of nitrogens with zero attached hydrogens (tertiary/aromatic N) is 2. The first-order valence-corrected chi connectivity index (χ1v) is 7.87. The Balaban J connectivity index is 3.11. The highest BCUT2D eigenvalue weighted by Crippen LogP contribution is 2.35. The van der Waals surface area contributed by atoms with Crippen LogP contribution in [0, 0.1) is 0 Å². The van der Waals surface area contributed by atoms with Crippen LogP contribution in [-0.4, -0.2) is 34.1 Å². The highest BCUT2D eigenvalue weighted by molar-refractivity contribution is 6.81. The summed E-state index contributed by atoms with van der Waals surface area (Å²) in [6.07, 6.45) is 8.22. The lowest BCUT2D eigenvalue weighted by molar-refractivity contribution is 0.157. The maximum absolute atomic E-state index is 2.58. The highest BCUT2D eigenvalue weighted by atomic mass is 15.4. The quantitative estimate of drug-likeness (QED) is 0.650. The van der Waals surface area contributed by atoms with Crippen molar-refractivity contribution in [3.05, 3.63) is 12.4 Å². The normalized spacial score (nSPS) is 17.6. The van der Waals surface area contributed by atoms with E-state index in [0.717, 1.165) is 0 Å². The van der Waals surface area contributed by atoms with Gasteiger partial charge in [-0.25, -0.2) is 0 Å². The van der Waals surface area contributed by atoms with E-state index in [9.17, 15) is 0 Å². The Morgan fingerprint density at radius 2 is 1.17 bits per heavy atom. The molecule has 2 nitrogen and oxygen atoms in total. The van der Waals surface area contributed by atoms with Crippen LogP contribution in [0.1, 0.15) is 48.5 Å². The van der Waals surface area contributed by atoms with Crippen molar-refractivity contribution < 1.29 is 0 Å². The number of rotatable bonds is 6. The third-order valence-electron chi connectivity index (χ3n) is 5.29. The van der Waals surface area contributed by atoms with E-state index in [-0.39, 0.29) is 6.15 Å². The van der Waals surface area contributed by atoms with Gasteiger partial charge in [-0.1, -0.05) is 20.8 Å². The largest absolute Gasteiger partial charge is 0.388 e. The van der Waals surface area contributed by atoms with Crippen molar-refractivity contribution in [1.82, 2.24) is 9.80 Å². The molecule has 0 amide bonds. The zero-order valence-corrected chi connectivity index (χ0v) is 13.5. The first-order valence-electron chi connectivity index (χ1n) is 7.87. The SMILES string of the molecule is CC[B-](CC)(CC)C1N(C(C)C)C=CN1C(C)C. The van der Waals surface area contributed by atoms with Gasteiger partial charge in [0.1, 0.15) is 0 Å². The Labute approximate surface area is 114 Å². The van der Waals surface area contributed by atoms with Gasteiger partial charge in [0.05, 0.1) is 0 Å². The van der Waals surface area contributed by atoms with Gasteiger partial charge < -0.3 is 9.80 Å². The van der Waals surface area contributed by atoms with Crippen molar-refractivity contribution in [3.8, 4) is 0 Å². The van der Waals surface area contributed by atoms with Crippen molar-refractivity contribution >= 4 is 6.15 Å². The van der Waals surface area contributed by atoms with Crippen LogP contribution in [0.25, 0.3) is 0 Å². The zero-order chi connectivity index (χ0) is 13.9. The Morgan fingerprint density at radius 3 is 1.39 bits per heavy atom. The van der Waals surface area contributed by atoms with Crippen LogP contribution in [0.3, 0.4) is 0 Å². The van der Waals surface area contributed by atoms with Crippen molar-refractivity contribution in [3.63, 3.8) is 0 Å². The summed E-state index contributed by atoms with van der Waals surface area (Å²) < 4.78 is 0. The summed E-state index contributed by atoms with van der Waals surface area (Å²) in [4.78, 5) is 5.16. The monoisotopic (exact) mass is 251 g/mol. The van der Waals surface area contributed by atoms with Gasteiger partial charge in [-0.15, -0.1) is 0 Å². The molecule has 0 N–H and O–H groups in total. The van der Waals surface area contributed by atoms with Crippen LogP contribution < -0.4 is 0 Å². The van der Waals surface area contributed by atoms with Crippen LogP contribution in [0.5, 0.6) is 0 Å². The summed E-state index contributed by atoms with van der Waals surface area (Å²) in [7, 11) is 0. The Morgan fingerprint density at radius 1 is 0.833 bits per heavy atom. The van der Waals surface area contributed by atoms with Gasteiger partial charge >= 0.3 is 0 Å². The Bertz CT molecular complexity index is 256. The highest BCUT2D eigenvalue weighted by Gasteiger charge is 2.38. The molecular weight excluding hydrogens is 219 g/mol. The molecule has 106 valence electrons. The summed E-state index contributed by atoms with van der Waals surface area (Å²) in [6.45, 7) is 16.4. The first-order chi connectivity index (χ1) is 8.43. The molecule has 0 aliphatic carbocycles. The van der Waals surface area contributed by atoms with E-state index in [1.807, 2.05) is 0 Å². The van der Waals surface area contributed by atoms with Gasteiger partial charge in [-0.05, 0) is 33.8 Å². The third-order valence-corrected chi connectivity index (χ3v) is 5.29. The number of hydrogen-bond acceptors (Lipinski definition) is 2. The molecule has 0 radical (unpaired) electrons. The first kappa shape index (κ1) is 15.5. The van der Waals surface area contributed by atoms with Crippen LogP contribution in [-0.2, 0) is 0 Å². The van der Waals surface area contributed by atoms with Crippen LogP contribution in [0.4, 0.5) is 0 Å². The summed E-state index contributed by atoms with van der Waals surface area (Å²) in [5.41, 5.74) is 0. The number of hydrogen-bond donors (Lipinski definition) is 0. The lowest BCUT2D eigenvalue weighted by Gasteiger charge is -2.54. The van der Waals surface area contributed by atoms with Crippen LogP contribution >= 0.6 is 0 Å². The predicted octanol–water partition coefficient (Wildman–Crippen LogP) is 4.27. The maximum Gasteiger partial charge on any atom is 0.0457 e. The van der Waals surface area contributed by atoms with Gasteiger partial charge in [0.15, 0.2) is 0 Å². The van der Waals surface area contributed by atoms with E-state index >= 15 is 0 Å². The van der Waals surface area contributed by atoms with E-state index < -0.39 is 0 Å². The zero-order valence-electron chi connectivity index (χ0n) is 13.5. The van der Waals surface area contributed by atoms with E-state index in [0.29, 0.717) is 18.1 Å². The smallest absolute Gasteiger partial charge is 0.0457 e. The van der Waals surface area contributed by atoms with Crippen molar-refractivity contribution in [2.24, 2.45) is 0 Å². The fraction of sp³-hybridized carbons (Fsp3) is 0.867. The topological polar surface area (TPSA) is 6.48 Å². The van der Waals surface area contributed by atoms with E-state index in [1.165, 1.54) is 19.0 Å². The minimum atomic E-state index is -0.341. The molecule has 0 unspecified atom stereocenters. The average molecular weight is 251 g/mol. The fourth-order valence-electron chi connectivity index (χ4n) is 3.67. The van der Waals surface area contributed by atoms with Gasteiger partial charge in [0.25, 0.3) is 0 Å². The molecule has 0 aromatic heterocycles. The summed E-state index contributed by atoms with van der Waals surface area (Å²) >= 11 is 0. The van der Waals surface area contributed by atoms with Crippen LogP contribution in [0.15, 0.2) is 12.4 Å². The molecule has 1 aliphatic heterocycles. The second-order valence-electron chi connectivity index (χ2n) is 6.59. The Hall–Kier alpha value is -0.595. The van der Waals surface area contributed by atoms with Gasteiger partial charge in [0.2, 0.25) is 0 Å². The molecule has 1 heterocycles. The third kappa shape index (κ3) is 2.55. The lowest BCUT2D eigenvalue weighted by atomic mass is 9.18. The molecular formula is C15H32BN2-. The molecule has 18 heavy (non-hydrogen) atoms. The Kier molecular flexibility index (Phi) is 5.18. The molecule has 3 heteroatoms. The van der Waals surface area contributed by atoms with E-state index in [2.05, 4.69) is 70.7 Å². The molecule has 0 bridgehead atoms. The van der Waals surface area contributed by atoms with Crippen molar-refractivity contribution in [2.75, 3.05) is 0 Å². The van der Waals surface area contributed by atoms with Crippen molar-refractivity contribution in [2.45, 2.75) is 85.6 Å². The van der Waals surface area contributed by atoms with Crippen LogP contribution in [0.2, 0.25) is 19.0 Å². The van der Waals surface area contributed by atoms with Gasteiger partial charge in [0, 0.05) is 30.6 Å². The molecule has 0 aromatic rings. The van der Waals surface area contributed by atoms with E-state index in [4.69, 9.17) is 0 Å². The molecule has 1 rings (SSSR count). The second kappa shape index (κ2) is 6.03. The lowest BCUT2D eigenvalue weighted by Crippen LogP contribution is -2.61. The molecule has 1 aliphatic rings. The molecule has 0 saturated heterocycles. The predicted molar refractivity (Wildman–Crippen MR) is 84.1 cm³/mol. The fourth-order valence-corrected chi connectivity index (χ4v) is 3.67. The van der Waals surface area contributed by atoms with Gasteiger partial charge in [-0.3, -0.25) is 0 Å². The molecule has 0 atom stereocenters. The standard InChI is InChI=1S/C15H32BN2/c1-8-16(9-2,10-3)15-17(13(4)5)11-12-18(15)14(6)7/h11-15H,8-10H2,1-7H3/q-1. The van der Waals surface area contributed by atoms with Crippen molar-refractivity contribution in [1.29, 1.82) is 0 Å². The molecule has 0 fully saturated rings. The molecule has 0 aromatic carbocycles. The maximum atomic E-state index is 2.58. The average Bonchev–Trinajstić information content (AvgIpc) is 2.78. The molecule has 0 saturated carbocycles.